The molecular weight excluding hydrogens is 229 g/mol. The van der Waals surface area contributed by atoms with E-state index in [1.54, 1.807) is 6.07 Å². The van der Waals surface area contributed by atoms with Gasteiger partial charge < -0.3 is 11.1 Å². The van der Waals surface area contributed by atoms with Gasteiger partial charge in [-0.2, -0.15) is 13.2 Å². The van der Waals surface area contributed by atoms with Crippen molar-refractivity contribution >= 4 is 5.69 Å². The molecule has 0 saturated heterocycles. The highest BCUT2D eigenvalue weighted by atomic mass is 19.4. The van der Waals surface area contributed by atoms with E-state index < -0.39 is 11.7 Å². The summed E-state index contributed by atoms with van der Waals surface area (Å²) in [4.78, 5) is 0. The second-order valence-corrected chi connectivity index (χ2v) is 4.27. The van der Waals surface area contributed by atoms with Gasteiger partial charge in [0.05, 0.1) is 5.56 Å². The minimum atomic E-state index is -4.35. The number of hydrogen-bond acceptors (Lipinski definition) is 2. The molecular formula is C12H17F3N2. The molecule has 0 heterocycles. The second-order valence-electron chi connectivity index (χ2n) is 4.27. The zero-order valence-corrected chi connectivity index (χ0v) is 9.88. The monoisotopic (exact) mass is 246 g/mol. The van der Waals surface area contributed by atoms with Gasteiger partial charge in [-0.05, 0) is 18.1 Å². The van der Waals surface area contributed by atoms with E-state index in [0.717, 1.165) is 6.07 Å². The topological polar surface area (TPSA) is 38.0 Å². The van der Waals surface area contributed by atoms with Crippen molar-refractivity contribution in [2.75, 3.05) is 11.9 Å². The molecule has 0 aromatic heterocycles. The Hall–Kier alpha value is -1.23. The van der Waals surface area contributed by atoms with Crippen molar-refractivity contribution in [3.63, 3.8) is 0 Å². The molecule has 0 aliphatic heterocycles. The van der Waals surface area contributed by atoms with E-state index in [0.29, 0.717) is 6.54 Å². The first-order valence-electron chi connectivity index (χ1n) is 5.49. The third-order valence-corrected chi connectivity index (χ3v) is 2.63. The van der Waals surface area contributed by atoms with Gasteiger partial charge in [-0.3, -0.25) is 0 Å². The largest absolute Gasteiger partial charge is 0.418 e. The van der Waals surface area contributed by atoms with Gasteiger partial charge in [0.25, 0.3) is 0 Å². The van der Waals surface area contributed by atoms with Crippen LogP contribution < -0.4 is 11.1 Å². The Kier molecular flexibility index (Phi) is 4.40. The lowest BCUT2D eigenvalue weighted by atomic mass is 10.0. The average Bonchev–Trinajstić information content (AvgIpc) is 2.24. The summed E-state index contributed by atoms with van der Waals surface area (Å²) in [5, 5.41) is 2.86. The van der Waals surface area contributed by atoms with Gasteiger partial charge >= 0.3 is 6.18 Å². The van der Waals surface area contributed by atoms with Crippen LogP contribution in [0, 0.1) is 5.92 Å². The molecule has 0 spiro atoms. The molecule has 17 heavy (non-hydrogen) atoms. The quantitative estimate of drug-likeness (QED) is 0.856. The maximum atomic E-state index is 12.7. The lowest BCUT2D eigenvalue weighted by Crippen LogP contribution is -2.34. The zero-order chi connectivity index (χ0) is 13.1. The fourth-order valence-corrected chi connectivity index (χ4v) is 1.55. The highest BCUT2D eigenvalue weighted by Crippen LogP contribution is 2.35. The first-order chi connectivity index (χ1) is 7.86. The molecule has 0 aliphatic carbocycles. The van der Waals surface area contributed by atoms with E-state index >= 15 is 0 Å². The molecule has 3 N–H and O–H groups in total. The number of benzene rings is 1. The Balaban J connectivity index is 2.98. The molecule has 0 radical (unpaired) electrons. The first-order valence-corrected chi connectivity index (χ1v) is 5.49. The van der Waals surface area contributed by atoms with Crippen molar-refractivity contribution in [2.24, 2.45) is 11.7 Å². The fraction of sp³-hybridized carbons (Fsp3) is 0.500. The minimum absolute atomic E-state index is 0.0872. The maximum absolute atomic E-state index is 12.7. The summed E-state index contributed by atoms with van der Waals surface area (Å²) in [5.74, 6) is 0.168. The number of nitrogens with one attached hydrogen (secondary N) is 1. The van der Waals surface area contributed by atoms with E-state index in [4.69, 9.17) is 5.73 Å². The molecule has 1 rings (SSSR count). The highest BCUT2D eigenvalue weighted by molar-refractivity contribution is 5.53. The molecule has 0 bridgehead atoms. The van der Waals surface area contributed by atoms with Crippen LogP contribution in [0.5, 0.6) is 0 Å². The van der Waals surface area contributed by atoms with Gasteiger partial charge in [0.15, 0.2) is 0 Å². The highest BCUT2D eigenvalue weighted by Gasteiger charge is 2.33. The molecule has 0 fully saturated rings. The predicted octanol–water partition coefficient (Wildman–Crippen LogP) is 3.10. The summed E-state index contributed by atoms with van der Waals surface area (Å²) in [6, 6.07) is 5.27. The lowest BCUT2D eigenvalue weighted by Gasteiger charge is -2.24. The summed E-state index contributed by atoms with van der Waals surface area (Å²) < 4.78 is 38.2. The van der Waals surface area contributed by atoms with Crippen LogP contribution in [0.3, 0.4) is 0 Å². The van der Waals surface area contributed by atoms with Crippen molar-refractivity contribution in [1.82, 2.24) is 0 Å². The van der Waals surface area contributed by atoms with E-state index in [1.807, 2.05) is 13.8 Å². The van der Waals surface area contributed by atoms with Gasteiger partial charge in [-0.25, -0.2) is 0 Å². The number of rotatable bonds is 4. The van der Waals surface area contributed by atoms with Crippen molar-refractivity contribution in [3.05, 3.63) is 29.8 Å². The molecule has 0 saturated carbocycles. The van der Waals surface area contributed by atoms with E-state index in [-0.39, 0.29) is 17.6 Å². The molecule has 5 heteroatoms. The fourth-order valence-electron chi connectivity index (χ4n) is 1.55. The predicted molar refractivity (Wildman–Crippen MR) is 62.7 cm³/mol. The summed E-state index contributed by atoms with van der Waals surface area (Å²) in [5.41, 5.74) is 4.97. The third-order valence-electron chi connectivity index (χ3n) is 2.63. The van der Waals surface area contributed by atoms with Crippen molar-refractivity contribution in [2.45, 2.75) is 26.1 Å². The molecule has 0 aliphatic rings. The molecule has 1 aromatic carbocycles. The van der Waals surface area contributed by atoms with Crippen LogP contribution in [0.4, 0.5) is 18.9 Å². The Bertz CT molecular complexity index is 361. The minimum Gasteiger partial charge on any atom is -0.380 e. The summed E-state index contributed by atoms with van der Waals surface area (Å²) in [6.45, 7) is 4.13. The first kappa shape index (κ1) is 13.8. The lowest BCUT2D eigenvalue weighted by molar-refractivity contribution is -0.137. The van der Waals surface area contributed by atoms with Crippen LogP contribution in [-0.4, -0.2) is 12.6 Å². The number of para-hydroxylation sites is 1. The Labute approximate surface area is 99.0 Å². The van der Waals surface area contributed by atoms with Gasteiger partial charge in [0, 0.05) is 18.3 Å². The van der Waals surface area contributed by atoms with Gasteiger partial charge in [-0.1, -0.05) is 26.0 Å². The molecule has 96 valence electrons. The molecule has 2 nitrogen and oxygen atoms in total. The van der Waals surface area contributed by atoms with Crippen LogP contribution in [-0.2, 0) is 6.18 Å². The SMILES string of the molecule is CC(C)C(CN)Nc1ccccc1C(F)(F)F. The van der Waals surface area contributed by atoms with Crippen molar-refractivity contribution in [3.8, 4) is 0 Å². The molecule has 0 amide bonds. The summed E-state index contributed by atoms with van der Waals surface area (Å²) >= 11 is 0. The van der Waals surface area contributed by atoms with Crippen LogP contribution in [0.25, 0.3) is 0 Å². The second kappa shape index (κ2) is 5.40. The van der Waals surface area contributed by atoms with Crippen LogP contribution in [0.1, 0.15) is 19.4 Å². The van der Waals surface area contributed by atoms with E-state index in [9.17, 15) is 13.2 Å². The molecule has 1 unspecified atom stereocenters. The average molecular weight is 246 g/mol. The van der Waals surface area contributed by atoms with Crippen LogP contribution in [0.15, 0.2) is 24.3 Å². The van der Waals surface area contributed by atoms with Gasteiger partial charge in [-0.15, -0.1) is 0 Å². The number of anilines is 1. The number of alkyl halides is 3. The molecule has 1 aromatic rings. The third kappa shape index (κ3) is 3.63. The Morgan fingerprint density at radius 1 is 1.24 bits per heavy atom. The Morgan fingerprint density at radius 2 is 1.82 bits per heavy atom. The summed E-state index contributed by atoms with van der Waals surface area (Å²) in [6.07, 6.45) is -4.35. The zero-order valence-electron chi connectivity index (χ0n) is 9.88. The summed E-state index contributed by atoms with van der Waals surface area (Å²) in [7, 11) is 0. The number of halogens is 3. The van der Waals surface area contributed by atoms with Crippen molar-refractivity contribution in [1.29, 1.82) is 0 Å². The van der Waals surface area contributed by atoms with Crippen molar-refractivity contribution < 1.29 is 13.2 Å². The van der Waals surface area contributed by atoms with Crippen LogP contribution in [0.2, 0.25) is 0 Å². The number of hydrogen-bond donors (Lipinski definition) is 2. The maximum Gasteiger partial charge on any atom is 0.418 e. The van der Waals surface area contributed by atoms with E-state index in [1.165, 1.54) is 12.1 Å². The smallest absolute Gasteiger partial charge is 0.380 e. The standard InChI is InChI=1S/C12H17F3N2/c1-8(2)11(7-16)17-10-6-4-3-5-9(10)12(13,14)15/h3-6,8,11,17H,7,16H2,1-2H3. The number of nitrogens with two attached hydrogens (primary N) is 1. The van der Waals surface area contributed by atoms with Gasteiger partial charge in [0.1, 0.15) is 0 Å². The molecule has 1 atom stereocenters. The Morgan fingerprint density at radius 3 is 2.29 bits per heavy atom. The van der Waals surface area contributed by atoms with Crippen LogP contribution >= 0.6 is 0 Å². The van der Waals surface area contributed by atoms with E-state index in [2.05, 4.69) is 5.32 Å². The van der Waals surface area contributed by atoms with Gasteiger partial charge in [0.2, 0.25) is 0 Å². The normalized spacial score (nSPS) is 13.8.